The highest BCUT2D eigenvalue weighted by Crippen LogP contribution is 2.27. The molecule has 0 bridgehead atoms. The van der Waals surface area contributed by atoms with E-state index in [-0.39, 0.29) is 5.88 Å². The van der Waals surface area contributed by atoms with Crippen LogP contribution in [-0.4, -0.2) is 22.2 Å². The van der Waals surface area contributed by atoms with Gasteiger partial charge in [0.15, 0.2) is 0 Å². The number of halogens is 2. The quantitative estimate of drug-likeness (QED) is 0.565. The van der Waals surface area contributed by atoms with Crippen LogP contribution in [0.25, 0.3) is 0 Å². The molecule has 0 spiro atoms. The van der Waals surface area contributed by atoms with Crippen LogP contribution in [0.2, 0.25) is 5.02 Å². The molecule has 0 saturated heterocycles. The van der Waals surface area contributed by atoms with Crippen molar-refractivity contribution in [1.82, 2.24) is 0 Å². The summed E-state index contributed by atoms with van der Waals surface area (Å²) in [5.74, 6) is 0.283. The van der Waals surface area contributed by atoms with Gasteiger partial charge in [0.25, 0.3) is 0 Å². The second-order valence-electron chi connectivity index (χ2n) is 3.26. The number of hydrogen-bond donors (Lipinski definition) is 3. The van der Waals surface area contributed by atoms with E-state index in [1.165, 1.54) is 6.07 Å². The Labute approximate surface area is 98.4 Å². The molecule has 2 atom stereocenters. The predicted octanol–water partition coefficient (Wildman–Crippen LogP) is 1.95. The van der Waals surface area contributed by atoms with Crippen molar-refractivity contribution in [3.8, 4) is 0 Å². The molecular weight excluding hydrogens is 237 g/mol. The summed E-state index contributed by atoms with van der Waals surface area (Å²) in [7, 11) is 0. The molecule has 0 amide bonds. The molecule has 0 fully saturated rings. The molecule has 3 nitrogen and oxygen atoms in total. The number of benzene rings is 1. The molecule has 84 valence electrons. The molecular formula is C10H13Cl2NO2. The van der Waals surface area contributed by atoms with Gasteiger partial charge in [0, 0.05) is 22.2 Å². The maximum atomic E-state index is 9.76. The smallest absolute Gasteiger partial charge is 0.107 e. The molecule has 4 N–H and O–H groups in total. The molecule has 0 aliphatic rings. The van der Waals surface area contributed by atoms with Gasteiger partial charge in [-0.2, -0.15) is 0 Å². The summed E-state index contributed by atoms with van der Waals surface area (Å²) < 4.78 is 0. The summed E-state index contributed by atoms with van der Waals surface area (Å²) in [5.41, 5.74) is 6.50. The van der Waals surface area contributed by atoms with Crippen molar-refractivity contribution in [2.45, 2.75) is 18.6 Å². The van der Waals surface area contributed by atoms with Crippen LogP contribution in [0.1, 0.15) is 18.1 Å². The zero-order valence-corrected chi connectivity index (χ0v) is 9.54. The lowest BCUT2D eigenvalue weighted by atomic mass is 10.0. The van der Waals surface area contributed by atoms with Crippen molar-refractivity contribution in [3.05, 3.63) is 28.8 Å². The molecule has 1 rings (SSSR count). The van der Waals surface area contributed by atoms with E-state index in [4.69, 9.17) is 28.9 Å². The van der Waals surface area contributed by atoms with Gasteiger partial charge in [0.05, 0.1) is 6.10 Å². The highest BCUT2D eigenvalue weighted by Gasteiger charge is 2.19. The number of aliphatic hydroxyl groups is 2. The molecule has 0 aliphatic heterocycles. The molecule has 0 aliphatic carbocycles. The molecule has 0 heterocycles. The molecule has 0 aromatic heterocycles. The van der Waals surface area contributed by atoms with Gasteiger partial charge in [-0.05, 0) is 18.6 Å². The first-order valence-electron chi connectivity index (χ1n) is 4.53. The lowest BCUT2D eigenvalue weighted by Crippen LogP contribution is -2.19. The molecule has 2 unspecified atom stereocenters. The second kappa shape index (κ2) is 5.56. The third kappa shape index (κ3) is 3.24. The van der Waals surface area contributed by atoms with Crippen LogP contribution in [0.3, 0.4) is 0 Å². The summed E-state index contributed by atoms with van der Waals surface area (Å²) >= 11 is 11.2. The minimum Gasteiger partial charge on any atom is -0.398 e. The van der Waals surface area contributed by atoms with Crippen LogP contribution in [0.15, 0.2) is 18.2 Å². The van der Waals surface area contributed by atoms with E-state index in [9.17, 15) is 10.2 Å². The zero-order chi connectivity index (χ0) is 11.4. The largest absolute Gasteiger partial charge is 0.398 e. The lowest BCUT2D eigenvalue weighted by Gasteiger charge is -2.18. The van der Waals surface area contributed by atoms with Crippen LogP contribution in [0.5, 0.6) is 0 Å². The third-order valence-corrected chi connectivity index (χ3v) is 2.59. The van der Waals surface area contributed by atoms with Crippen molar-refractivity contribution in [2.75, 3.05) is 11.6 Å². The summed E-state index contributed by atoms with van der Waals surface area (Å²) in [4.78, 5) is 0. The first kappa shape index (κ1) is 12.6. The predicted molar refractivity (Wildman–Crippen MR) is 62.2 cm³/mol. The van der Waals surface area contributed by atoms with Gasteiger partial charge < -0.3 is 15.9 Å². The fourth-order valence-electron chi connectivity index (χ4n) is 1.29. The maximum Gasteiger partial charge on any atom is 0.107 e. The van der Waals surface area contributed by atoms with Crippen LogP contribution < -0.4 is 5.73 Å². The van der Waals surface area contributed by atoms with Gasteiger partial charge in [-0.3, -0.25) is 0 Å². The molecule has 0 radical (unpaired) electrons. The van der Waals surface area contributed by atoms with Crippen LogP contribution in [0.4, 0.5) is 5.69 Å². The summed E-state index contributed by atoms with van der Waals surface area (Å²) in [6.45, 7) is 0. The fraction of sp³-hybridized carbons (Fsp3) is 0.400. The van der Waals surface area contributed by atoms with Crippen molar-refractivity contribution >= 4 is 28.9 Å². The van der Waals surface area contributed by atoms with Gasteiger partial charge in [-0.15, -0.1) is 11.6 Å². The minimum absolute atomic E-state index is 0.283. The standard InChI is InChI=1S/C10H13Cl2NO2/c11-4-3-9(14)10(15)7-2-1-6(12)5-8(7)13/h1-2,5,9-10,14-15H,3-4,13H2. The first-order chi connectivity index (χ1) is 7.06. The van der Waals surface area contributed by atoms with Gasteiger partial charge in [-0.25, -0.2) is 0 Å². The summed E-state index contributed by atoms with van der Waals surface area (Å²) in [5, 5.41) is 19.8. The minimum atomic E-state index is -1.03. The van der Waals surface area contributed by atoms with Crippen molar-refractivity contribution in [2.24, 2.45) is 0 Å². The fourth-order valence-corrected chi connectivity index (χ4v) is 1.70. The Morgan fingerprint density at radius 3 is 2.53 bits per heavy atom. The third-order valence-electron chi connectivity index (χ3n) is 2.14. The normalized spacial score (nSPS) is 14.9. The number of hydrogen-bond acceptors (Lipinski definition) is 3. The van der Waals surface area contributed by atoms with E-state index in [1.807, 2.05) is 0 Å². The lowest BCUT2D eigenvalue weighted by molar-refractivity contribution is 0.0174. The summed E-state index contributed by atoms with van der Waals surface area (Å²) in [6.07, 6.45) is -1.63. The number of nitrogens with two attached hydrogens (primary N) is 1. The average molecular weight is 250 g/mol. The Balaban J connectivity index is 2.86. The summed E-state index contributed by atoms with van der Waals surface area (Å²) in [6, 6.07) is 4.75. The van der Waals surface area contributed by atoms with Gasteiger partial charge >= 0.3 is 0 Å². The number of rotatable bonds is 4. The zero-order valence-electron chi connectivity index (χ0n) is 8.03. The van der Waals surface area contributed by atoms with Crippen molar-refractivity contribution in [3.63, 3.8) is 0 Å². The first-order valence-corrected chi connectivity index (χ1v) is 5.44. The topological polar surface area (TPSA) is 66.5 Å². The van der Waals surface area contributed by atoms with Crippen molar-refractivity contribution in [1.29, 1.82) is 0 Å². The molecule has 1 aromatic rings. The molecule has 15 heavy (non-hydrogen) atoms. The second-order valence-corrected chi connectivity index (χ2v) is 4.08. The highest BCUT2D eigenvalue weighted by atomic mass is 35.5. The van der Waals surface area contributed by atoms with Crippen LogP contribution >= 0.6 is 23.2 Å². The van der Waals surface area contributed by atoms with Gasteiger partial charge in [-0.1, -0.05) is 17.7 Å². The van der Waals surface area contributed by atoms with E-state index in [2.05, 4.69) is 0 Å². The molecule has 5 heteroatoms. The number of alkyl halides is 1. The van der Waals surface area contributed by atoms with Crippen LogP contribution in [0, 0.1) is 0 Å². The SMILES string of the molecule is Nc1cc(Cl)ccc1C(O)C(O)CCCl. The van der Waals surface area contributed by atoms with Crippen molar-refractivity contribution < 1.29 is 10.2 Å². The number of aliphatic hydroxyl groups excluding tert-OH is 2. The van der Waals surface area contributed by atoms with E-state index < -0.39 is 12.2 Å². The average Bonchev–Trinajstić information content (AvgIpc) is 2.17. The van der Waals surface area contributed by atoms with E-state index >= 15 is 0 Å². The van der Waals surface area contributed by atoms with Gasteiger partial charge in [0.2, 0.25) is 0 Å². The van der Waals surface area contributed by atoms with E-state index in [1.54, 1.807) is 12.1 Å². The number of nitrogen functional groups attached to an aromatic ring is 1. The Kier molecular flexibility index (Phi) is 4.67. The highest BCUT2D eigenvalue weighted by molar-refractivity contribution is 6.30. The van der Waals surface area contributed by atoms with Crippen LogP contribution in [-0.2, 0) is 0 Å². The Morgan fingerprint density at radius 2 is 2.00 bits per heavy atom. The monoisotopic (exact) mass is 249 g/mol. The molecule has 1 aromatic carbocycles. The Hall–Kier alpha value is -0.480. The van der Waals surface area contributed by atoms with E-state index in [0.29, 0.717) is 22.7 Å². The van der Waals surface area contributed by atoms with Gasteiger partial charge in [0.1, 0.15) is 6.10 Å². The number of anilines is 1. The Bertz CT molecular complexity index is 333. The molecule has 0 saturated carbocycles. The van der Waals surface area contributed by atoms with E-state index in [0.717, 1.165) is 0 Å². The maximum absolute atomic E-state index is 9.76. The Morgan fingerprint density at radius 1 is 1.33 bits per heavy atom.